The van der Waals surface area contributed by atoms with E-state index in [-0.39, 0.29) is 23.7 Å². The fourth-order valence-electron chi connectivity index (χ4n) is 4.16. The number of rotatable bonds is 5. The average molecular weight is 480 g/mol. The topological polar surface area (TPSA) is 64.0 Å². The van der Waals surface area contributed by atoms with Gasteiger partial charge in [0.15, 0.2) is 0 Å². The number of likely N-dealkylation sites (tertiary alicyclic amines) is 1. The summed E-state index contributed by atoms with van der Waals surface area (Å²) in [7, 11) is 1.65. The van der Waals surface area contributed by atoms with Crippen molar-refractivity contribution in [2.24, 2.45) is 7.05 Å². The van der Waals surface area contributed by atoms with E-state index in [1.807, 2.05) is 11.0 Å². The number of ether oxygens (including phenoxy) is 2. The van der Waals surface area contributed by atoms with Gasteiger partial charge in [0.1, 0.15) is 11.9 Å². The molecule has 7 nitrogen and oxygen atoms in total. The van der Waals surface area contributed by atoms with Crippen LogP contribution in [0.1, 0.15) is 23.2 Å². The number of aromatic nitrogens is 1. The van der Waals surface area contributed by atoms with E-state index in [2.05, 4.69) is 4.90 Å². The van der Waals surface area contributed by atoms with Crippen molar-refractivity contribution in [3.05, 3.63) is 62.5 Å². The molecule has 0 radical (unpaired) electrons. The quantitative estimate of drug-likeness (QED) is 0.659. The molecule has 1 amide bonds. The summed E-state index contributed by atoms with van der Waals surface area (Å²) < 4.78 is 13.4. The van der Waals surface area contributed by atoms with Crippen molar-refractivity contribution in [3.8, 4) is 5.75 Å². The first-order valence-corrected chi connectivity index (χ1v) is 11.6. The molecule has 0 bridgehead atoms. The van der Waals surface area contributed by atoms with E-state index in [4.69, 9.17) is 32.7 Å². The second kappa shape index (κ2) is 10.3. The van der Waals surface area contributed by atoms with E-state index in [9.17, 15) is 9.59 Å². The minimum Gasteiger partial charge on any atom is -0.490 e. The van der Waals surface area contributed by atoms with Crippen LogP contribution in [0.2, 0.25) is 10.0 Å². The Morgan fingerprint density at radius 3 is 2.62 bits per heavy atom. The lowest BCUT2D eigenvalue weighted by molar-refractivity contribution is -0.0414. The Bertz CT molecular complexity index is 1020. The molecule has 2 aliphatic rings. The molecule has 1 atom stereocenters. The lowest BCUT2D eigenvalue weighted by Crippen LogP contribution is -2.51. The summed E-state index contributed by atoms with van der Waals surface area (Å²) in [6.07, 6.45) is 3.51. The molecule has 2 saturated heterocycles. The Kier molecular flexibility index (Phi) is 7.40. The first-order chi connectivity index (χ1) is 15.4. The number of hydrogen-bond donors (Lipinski definition) is 0. The predicted molar refractivity (Wildman–Crippen MR) is 124 cm³/mol. The summed E-state index contributed by atoms with van der Waals surface area (Å²) in [5.41, 5.74) is 0.390. The number of benzene rings is 1. The fraction of sp³-hybridized carbons (Fsp3) is 0.478. The normalized spacial score (nSPS) is 20.3. The maximum atomic E-state index is 12.9. The molecule has 1 aromatic carbocycles. The number of hydrogen-bond acceptors (Lipinski definition) is 5. The van der Waals surface area contributed by atoms with Gasteiger partial charge in [-0.2, -0.15) is 0 Å². The Balaban J connectivity index is 1.26. The molecule has 0 spiro atoms. The van der Waals surface area contributed by atoms with Gasteiger partial charge in [-0.15, -0.1) is 0 Å². The third-order valence-electron chi connectivity index (χ3n) is 5.95. The number of nitrogens with zero attached hydrogens (tertiary/aromatic N) is 3. The number of carbonyl (C=O) groups excluding carboxylic acids is 1. The number of pyridine rings is 1. The van der Waals surface area contributed by atoms with Crippen LogP contribution in [0.15, 0.2) is 41.3 Å². The number of morpholine rings is 1. The van der Waals surface area contributed by atoms with Gasteiger partial charge in [-0.1, -0.05) is 23.2 Å². The molecule has 9 heteroatoms. The van der Waals surface area contributed by atoms with Gasteiger partial charge in [0.2, 0.25) is 5.56 Å². The smallest absolute Gasteiger partial charge is 0.255 e. The molecule has 2 aromatic rings. The van der Waals surface area contributed by atoms with Crippen molar-refractivity contribution in [2.75, 3.05) is 39.3 Å². The van der Waals surface area contributed by atoms with Crippen LogP contribution in [0.5, 0.6) is 5.75 Å². The molecule has 2 aliphatic heterocycles. The molecule has 1 aromatic heterocycles. The van der Waals surface area contributed by atoms with Crippen LogP contribution in [-0.4, -0.2) is 71.8 Å². The van der Waals surface area contributed by atoms with Crippen LogP contribution >= 0.6 is 23.2 Å². The first kappa shape index (κ1) is 23.1. The Hall–Kier alpha value is -2.06. The second-order valence-corrected chi connectivity index (χ2v) is 9.12. The second-order valence-electron chi connectivity index (χ2n) is 8.30. The highest BCUT2D eigenvalue weighted by Gasteiger charge is 2.29. The van der Waals surface area contributed by atoms with Crippen LogP contribution in [-0.2, 0) is 11.8 Å². The van der Waals surface area contributed by atoms with E-state index >= 15 is 0 Å². The largest absolute Gasteiger partial charge is 0.490 e. The summed E-state index contributed by atoms with van der Waals surface area (Å²) in [5.74, 6) is 0.670. The van der Waals surface area contributed by atoms with E-state index in [1.54, 1.807) is 31.4 Å². The van der Waals surface area contributed by atoms with Crippen molar-refractivity contribution in [2.45, 2.75) is 25.0 Å². The molecule has 0 N–H and O–H groups in total. The molecule has 172 valence electrons. The summed E-state index contributed by atoms with van der Waals surface area (Å²) in [6.45, 7) is 4.19. The predicted octanol–water partition coefficient (Wildman–Crippen LogP) is 3.08. The zero-order valence-electron chi connectivity index (χ0n) is 18.0. The summed E-state index contributed by atoms with van der Waals surface area (Å²) in [6, 6.07) is 8.36. The van der Waals surface area contributed by atoms with E-state index in [0.29, 0.717) is 35.3 Å². The molecule has 3 heterocycles. The van der Waals surface area contributed by atoms with Gasteiger partial charge in [0.25, 0.3) is 5.91 Å². The molecule has 2 fully saturated rings. The zero-order valence-corrected chi connectivity index (χ0v) is 19.5. The average Bonchev–Trinajstić information content (AvgIpc) is 2.79. The molecular formula is C23H27Cl2N3O4. The van der Waals surface area contributed by atoms with Gasteiger partial charge in [-0.05, 0) is 31.0 Å². The van der Waals surface area contributed by atoms with E-state index in [0.717, 1.165) is 38.2 Å². The maximum Gasteiger partial charge on any atom is 0.255 e. The highest BCUT2D eigenvalue weighted by molar-refractivity contribution is 6.42. The highest BCUT2D eigenvalue weighted by atomic mass is 35.5. The van der Waals surface area contributed by atoms with Crippen LogP contribution < -0.4 is 10.3 Å². The third kappa shape index (κ3) is 5.64. The number of aryl methyl sites for hydroxylation is 1. The van der Waals surface area contributed by atoms with Crippen molar-refractivity contribution < 1.29 is 14.3 Å². The minimum absolute atomic E-state index is 0.0345. The molecule has 1 unspecified atom stereocenters. The number of halogens is 2. The van der Waals surface area contributed by atoms with Crippen LogP contribution in [0, 0.1) is 0 Å². The minimum atomic E-state index is -0.132. The summed E-state index contributed by atoms with van der Waals surface area (Å²) in [4.78, 5) is 28.6. The van der Waals surface area contributed by atoms with Gasteiger partial charge >= 0.3 is 0 Å². The van der Waals surface area contributed by atoms with Crippen LogP contribution in [0.25, 0.3) is 0 Å². The van der Waals surface area contributed by atoms with Gasteiger partial charge in [0.05, 0.1) is 28.3 Å². The Morgan fingerprint density at radius 1 is 1.12 bits per heavy atom. The molecule has 0 aliphatic carbocycles. The van der Waals surface area contributed by atoms with Crippen molar-refractivity contribution in [1.29, 1.82) is 0 Å². The highest BCUT2D eigenvalue weighted by Crippen LogP contribution is 2.28. The van der Waals surface area contributed by atoms with Crippen LogP contribution in [0.3, 0.4) is 0 Å². The Labute approximate surface area is 197 Å². The van der Waals surface area contributed by atoms with Gasteiger partial charge in [-0.3, -0.25) is 9.59 Å². The summed E-state index contributed by atoms with van der Waals surface area (Å²) >= 11 is 12.0. The van der Waals surface area contributed by atoms with Gasteiger partial charge < -0.3 is 23.8 Å². The van der Waals surface area contributed by atoms with Gasteiger partial charge in [-0.25, -0.2) is 0 Å². The van der Waals surface area contributed by atoms with Crippen molar-refractivity contribution in [3.63, 3.8) is 0 Å². The molecular weight excluding hydrogens is 453 g/mol. The monoisotopic (exact) mass is 479 g/mol. The van der Waals surface area contributed by atoms with E-state index < -0.39 is 0 Å². The fourth-order valence-corrected chi connectivity index (χ4v) is 4.45. The van der Waals surface area contributed by atoms with Crippen molar-refractivity contribution >= 4 is 29.1 Å². The summed E-state index contributed by atoms with van der Waals surface area (Å²) in [5, 5.41) is 1.01. The SMILES string of the molecule is Cn1cc(C(=O)N2CCOC(CN3CCC(Oc4ccc(Cl)c(Cl)c4)CC3)C2)ccc1=O. The maximum absolute atomic E-state index is 12.9. The standard InChI is InChI=1S/C23H27Cl2N3O4/c1-26-13-16(2-5-22(26)29)23(30)28-10-11-31-19(15-28)14-27-8-6-17(7-9-27)32-18-3-4-20(24)21(25)12-18/h2-5,12-13,17,19H,6-11,14-15H2,1H3. The molecule has 0 saturated carbocycles. The van der Waals surface area contributed by atoms with Gasteiger partial charge in [0, 0.05) is 58.1 Å². The lowest BCUT2D eigenvalue weighted by Gasteiger charge is -2.38. The number of piperidine rings is 1. The molecule has 4 rings (SSSR count). The number of amides is 1. The van der Waals surface area contributed by atoms with E-state index in [1.165, 1.54) is 10.6 Å². The Morgan fingerprint density at radius 2 is 1.91 bits per heavy atom. The first-order valence-electron chi connectivity index (χ1n) is 10.8. The van der Waals surface area contributed by atoms with Crippen LogP contribution in [0.4, 0.5) is 0 Å². The number of carbonyl (C=O) groups is 1. The third-order valence-corrected chi connectivity index (χ3v) is 6.69. The lowest BCUT2D eigenvalue weighted by atomic mass is 10.1. The van der Waals surface area contributed by atoms with Crippen molar-refractivity contribution in [1.82, 2.24) is 14.4 Å². The zero-order chi connectivity index (χ0) is 22.7. The molecule has 32 heavy (non-hydrogen) atoms.